The normalized spacial score (nSPS) is 11.6. The van der Waals surface area contributed by atoms with Crippen molar-refractivity contribution in [2.45, 2.75) is 0 Å². The van der Waals surface area contributed by atoms with Crippen LogP contribution in [0.15, 0.2) is 164 Å². The zero-order valence-electron chi connectivity index (χ0n) is 24.0. The molecule has 0 N–H and O–H groups in total. The maximum atomic E-state index is 5.14. The van der Waals surface area contributed by atoms with E-state index < -0.39 is 0 Å². The van der Waals surface area contributed by atoms with Crippen LogP contribution >= 0.6 is 0 Å². The highest BCUT2D eigenvalue weighted by atomic mass is 14.7. The van der Waals surface area contributed by atoms with Gasteiger partial charge in [0.15, 0.2) is 0 Å². The lowest BCUT2D eigenvalue weighted by atomic mass is 9.91. The molecule has 44 heavy (non-hydrogen) atoms. The molecule has 0 radical (unpaired) electrons. The Hall–Kier alpha value is -5.79. The molecule has 0 atom stereocenters. The van der Waals surface area contributed by atoms with Gasteiger partial charge in [0.1, 0.15) is 0 Å². The van der Waals surface area contributed by atoms with Crippen molar-refractivity contribution in [3.63, 3.8) is 0 Å². The zero-order chi connectivity index (χ0) is 29.0. The molecule has 0 aliphatic carbocycles. The van der Waals surface area contributed by atoms with Crippen LogP contribution in [0.25, 0.3) is 87.5 Å². The van der Waals surface area contributed by atoms with Crippen LogP contribution in [-0.4, -0.2) is 4.98 Å². The van der Waals surface area contributed by atoms with Gasteiger partial charge in [0.05, 0.1) is 11.2 Å². The van der Waals surface area contributed by atoms with Crippen molar-refractivity contribution in [3.05, 3.63) is 164 Å². The Bertz CT molecular complexity index is 2560. The van der Waals surface area contributed by atoms with Crippen LogP contribution in [0.1, 0.15) is 0 Å². The summed E-state index contributed by atoms with van der Waals surface area (Å²) in [7, 11) is 0. The Kier molecular flexibility index (Phi) is 5.57. The Morgan fingerprint density at radius 3 is 1.75 bits per heavy atom. The summed E-state index contributed by atoms with van der Waals surface area (Å²) in [6.45, 7) is 0. The zero-order valence-corrected chi connectivity index (χ0v) is 24.0. The van der Waals surface area contributed by atoms with Gasteiger partial charge < -0.3 is 0 Å². The van der Waals surface area contributed by atoms with Gasteiger partial charge in [-0.15, -0.1) is 0 Å². The molecule has 0 aliphatic rings. The fourth-order valence-corrected chi connectivity index (χ4v) is 6.76. The van der Waals surface area contributed by atoms with Crippen LogP contribution in [0.3, 0.4) is 0 Å². The van der Waals surface area contributed by atoms with Crippen LogP contribution < -0.4 is 0 Å². The summed E-state index contributed by atoms with van der Waals surface area (Å²) in [5.41, 5.74) is 8.06. The minimum atomic E-state index is 0.990. The van der Waals surface area contributed by atoms with E-state index in [4.69, 9.17) is 4.98 Å². The highest BCUT2D eigenvalue weighted by Gasteiger charge is 2.11. The number of rotatable bonds is 3. The molecule has 0 bridgehead atoms. The average molecular weight is 558 g/mol. The van der Waals surface area contributed by atoms with E-state index in [2.05, 4.69) is 164 Å². The van der Waals surface area contributed by atoms with E-state index in [-0.39, 0.29) is 0 Å². The first-order valence-corrected chi connectivity index (χ1v) is 15.1. The second kappa shape index (κ2) is 9.90. The average Bonchev–Trinajstić information content (AvgIpc) is 3.10. The van der Waals surface area contributed by atoms with E-state index in [9.17, 15) is 0 Å². The van der Waals surface area contributed by atoms with E-state index >= 15 is 0 Å². The Morgan fingerprint density at radius 1 is 0.295 bits per heavy atom. The fourth-order valence-electron chi connectivity index (χ4n) is 6.76. The molecular formula is C43H27N. The van der Waals surface area contributed by atoms with Crippen LogP contribution in [0.5, 0.6) is 0 Å². The van der Waals surface area contributed by atoms with Crippen LogP contribution in [0.4, 0.5) is 0 Å². The number of hydrogen-bond acceptors (Lipinski definition) is 1. The summed E-state index contributed by atoms with van der Waals surface area (Å²) in [5.74, 6) is 0. The van der Waals surface area contributed by atoms with Crippen molar-refractivity contribution < 1.29 is 0 Å². The van der Waals surface area contributed by atoms with Crippen LogP contribution in [0, 0.1) is 0 Å². The van der Waals surface area contributed by atoms with Gasteiger partial charge in [0.2, 0.25) is 0 Å². The lowest BCUT2D eigenvalue weighted by molar-refractivity contribution is 1.41. The number of nitrogens with zero attached hydrogens (tertiary/aromatic N) is 1. The van der Waals surface area contributed by atoms with Gasteiger partial charge in [0.25, 0.3) is 0 Å². The van der Waals surface area contributed by atoms with Crippen LogP contribution in [0.2, 0.25) is 0 Å². The predicted molar refractivity (Wildman–Crippen MR) is 188 cm³/mol. The summed E-state index contributed by atoms with van der Waals surface area (Å²) in [6, 6.07) is 59.3. The van der Waals surface area contributed by atoms with Gasteiger partial charge in [-0.25, -0.2) is 4.98 Å². The molecule has 204 valence electrons. The molecule has 1 heteroatoms. The standard InChI is InChI=1S/C43H27N/c1-4-13-38-28(8-1)16-17-29-22-23-42(44-43(29)38)36-11-7-10-30(26-36)31-18-19-33-25-35(21-20-32(33)24-31)41-27-34-9-2-3-12-37(34)39-14-5-6-15-40(39)41/h1-27H. The molecule has 0 aliphatic heterocycles. The van der Waals surface area contributed by atoms with Crippen LogP contribution in [-0.2, 0) is 0 Å². The first-order valence-electron chi connectivity index (χ1n) is 15.1. The van der Waals surface area contributed by atoms with Crippen molar-refractivity contribution in [2.75, 3.05) is 0 Å². The lowest BCUT2D eigenvalue weighted by Gasteiger charge is -2.12. The molecule has 0 amide bonds. The van der Waals surface area contributed by atoms with Gasteiger partial charge in [-0.2, -0.15) is 0 Å². The number of benzene rings is 8. The van der Waals surface area contributed by atoms with E-state index in [0.717, 1.165) is 22.2 Å². The monoisotopic (exact) mass is 557 g/mol. The smallest absolute Gasteiger partial charge is 0.0787 e. The summed E-state index contributed by atoms with van der Waals surface area (Å²) < 4.78 is 0. The van der Waals surface area contributed by atoms with Gasteiger partial charge in [-0.1, -0.05) is 133 Å². The maximum Gasteiger partial charge on any atom is 0.0787 e. The molecule has 0 spiro atoms. The molecular weight excluding hydrogens is 530 g/mol. The molecule has 1 aromatic heterocycles. The quantitative estimate of drug-likeness (QED) is 0.197. The van der Waals surface area contributed by atoms with Crippen molar-refractivity contribution in [1.82, 2.24) is 4.98 Å². The third-order valence-electron chi connectivity index (χ3n) is 9.00. The Balaban J connectivity index is 1.11. The molecule has 1 nitrogen and oxygen atoms in total. The number of pyridine rings is 1. The second-order valence-corrected chi connectivity index (χ2v) is 11.6. The molecule has 0 unspecified atom stereocenters. The third-order valence-corrected chi connectivity index (χ3v) is 9.00. The molecule has 9 aromatic rings. The van der Waals surface area contributed by atoms with E-state index in [1.54, 1.807) is 0 Å². The van der Waals surface area contributed by atoms with Gasteiger partial charge in [-0.3, -0.25) is 0 Å². The topological polar surface area (TPSA) is 12.9 Å². The van der Waals surface area contributed by atoms with Crippen molar-refractivity contribution >= 4 is 54.0 Å². The van der Waals surface area contributed by atoms with Crippen molar-refractivity contribution in [2.24, 2.45) is 0 Å². The molecule has 0 saturated heterocycles. The number of aromatic nitrogens is 1. The first-order chi connectivity index (χ1) is 21.8. The second-order valence-electron chi connectivity index (χ2n) is 11.6. The largest absolute Gasteiger partial charge is 0.247 e. The molecule has 1 heterocycles. The third kappa shape index (κ3) is 4.06. The molecule has 8 aromatic carbocycles. The van der Waals surface area contributed by atoms with Gasteiger partial charge >= 0.3 is 0 Å². The maximum absolute atomic E-state index is 5.14. The number of fused-ring (bicyclic) bond motifs is 7. The SMILES string of the molecule is c1cc(-c2ccc3cc(-c4cc5ccccc5c5ccccc45)ccc3c2)cc(-c2ccc3ccc4ccccc4c3n2)c1. The van der Waals surface area contributed by atoms with E-state index in [1.165, 1.54) is 65.3 Å². The molecule has 9 rings (SSSR count). The predicted octanol–water partition coefficient (Wildman–Crippen LogP) is 11.8. The Morgan fingerprint density at radius 2 is 0.886 bits per heavy atom. The fraction of sp³-hybridized carbons (Fsp3) is 0. The Labute approximate surface area is 255 Å². The first kappa shape index (κ1) is 24.8. The minimum absolute atomic E-state index is 0.990. The van der Waals surface area contributed by atoms with Crippen molar-refractivity contribution in [3.8, 4) is 33.5 Å². The molecule has 0 fully saturated rings. The van der Waals surface area contributed by atoms with Gasteiger partial charge in [-0.05, 0) is 90.3 Å². The molecule has 0 saturated carbocycles. The van der Waals surface area contributed by atoms with E-state index in [1.807, 2.05) is 0 Å². The summed E-state index contributed by atoms with van der Waals surface area (Å²) in [4.78, 5) is 5.14. The summed E-state index contributed by atoms with van der Waals surface area (Å²) in [5, 5.41) is 11.2. The highest BCUT2D eigenvalue weighted by Crippen LogP contribution is 2.37. The highest BCUT2D eigenvalue weighted by molar-refractivity contribution is 6.14. The summed E-state index contributed by atoms with van der Waals surface area (Å²) >= 11 is 0. The number of hydrogen-bond donors (Lipinski definition) is 0. The summed E-state index contributed by atoms with van der Waals surface area (Å²) in [6.07, 6.45) is 0. The minimum Gasteiger partial charge on any atom is -0.247 e. The van der Waals surface area contributed by atoms with Crippen molar-refractivity contribution in [1.29, 1.82) is 0 Å². The van der Waals surface area contributed by atoms with Gasteiger partial charge in [0, 0.05) is 16.3 Å². The van der Waals surface area contributed by atoms with E-state index in [0.29, 0.717) is 0 Å². The lowest BCUT2D eigenvalue weighted by Crippen LogP contribution is -1.88.